The Hall–Kier alpha value is -2.69. The number of halogens is 2. The van der Waals surface area contributed by atoms with Crippen molar-refractivity contribution in [2.75, 3.05) is 13.1 Å². The smallest absolute Gasteiger partial charge is 0.383 e. The van der Waals surface area contributed by atoms with Crippen LogP contribution in [0.5, 0.6) is 11.6 Å². The van der Waals surface area contributed by atoms with Gasteiger partial charge in [0.25, 0.3) is 0 Å². The average Bonchev–Trinajstić information content (AvgIpc) is 3.20. The number of aromatic nitrogens is 3. The van der Waals surface area contributed by atoms with E-state index in [-0.39, 0.29) is 16.9 Å². The van der Waals surface area contributed by atoms with Gasteiger partial charge in [-0.25, -0.2) is 9.37 Å². The average molecular weight is 504 g/mol. The van der Waals surface area contributed by atoms with Gasteiger partial charge in [0.15, 0.2) is 0 Å². The van der Waals surface area contributed by atoms with Crippen LogP contribution >= 0.6 is 23.4 Å². The molecular formula is C23H23ClFN5O3S. The van der Waals surface area contributed by atoms with E-state index < -0.39 is 4.92 Å². The molecule has 3 aromatic rings. The van der Waals surface area contributed by atoms with E-state index in [1.165, 1.54) is 23.9 Å². The maximum absolute atomic E-state index is 13.1. The Labute approximate surface area is 205 Å². The number of hydrogen-bond acceptors (Lipinski definition) is 7. The third kappa shape index (κ3) is 4.89. The van der Waals surface area contributed by atoms with Crippen LogP contribution in [-0.2, 0) is 19.5 Å². The molecule has 8 nitrogen and oxygen atoms in total. The van der Waals surface area contributed by atoms with Crippen molar-refractivity contribution in [3.63, 3.8) is 0 Å². The minimum atomic E-state index is -0.524. The molecule has 1 saturated heterocycles. The largest absolute Gasteiger partial charge is 0.439 e. The molecule has 0 N–H and O–H groups in total. The maximum Gasteiger partial charge on any atom is 0.383 e. The molecule has 2 aliphatic heterocycles. The van der Waals surface area contributed by atoms with Crippen LogP contribution in [-0.4, -0.2) is 47.9 Å². The Balaban J connectivity index is 1.14. The molecule has 3 unspecified atom stereocenters. The first-order chi connectivity index (χ1) is 16.4. The van der Waals surface area contributed by atoms with Gasteiger partial charge < -0.3 is 14.9 Å². The van der Waals surface area contributed by atoms with Crippen molar-refractivity contribution in [1.82, 2.24) is 19.4 Å². The lowest BCUT2D eigenvalue weighted by atomic mass is 9.99. The molecule has 3 atom stereocenters. The number of ether oxygens (including phenoxy) is 1. The highest BCUT2D eigenvalue weighted by Crippen LogP contribution is 2.44. The van der Waals surface area contributed by atoms with Crippen molar-refractivity contribution in [1.29, 1.82) is 0 Å². The summed E-state index contributed by atoms with van der Waals surface area (Å²) in [6.07, 6.45) is 2.25. The molecule has 0 amide bonds. The number of benzene rings is 1. The van der Waals surface area contributed by atoms with Gasteiger partial charge in [-0.05, 0) is 57.3 Å². The molecule has 178 valence electrons. The normalized spacial score (nSPS) is 22.1. The predicted octanol–water partition coefficient (Wildman–Crippen LogP) is 4.95. The number of hydrogen-bond donors (Lipinski definition) is 0. The first kappa shape index (κ1) is 23.1. The van der Waals surface area contributed by atoms with E-state index in [0.29, 0.717) is 34.6 Å². The lowest BCUT2D eigenvalue weighted by Gasteiger charge is -2.45. The Kier molecular flexibility index (Phi) is 6.46. The fraction of sp³-hybridized carbons (Fsp3) is 0.391. The molecule has 2 aliphatic rings. The number of nitro groups is 1. The Bertz CT molecular complexity index is 1210. The number of imidazole rings is 1. The predicted molar refractivity (Wildman–Crippen MR) is 128 cm³/mol. The van der Waals surface area contributed by atoms with Gasteiger partial charge in [-0.1, -0.05) is 13.0 Å². The lowest BCUT2D eigenvalue weighted by molar-refractivity contribution is -0.389. The molecule has 0 radical (unpaired) electrons. The van der Waals surface area contributed by atoms with Gasteiger partial charge in [-0.15, -0.1) is 0 Å². The van der Waals surface area contributed by atoms with Crippen molar-refractivity contribution >= 4 is 29.2 Å². The Morgan fingerprint density at radius 3 is 2.68 bits per heavy atom. The summed E-state index contributed by atoms with van der Waals surface area (Å²) in [5, 5.41) is 11.9. The van der Waals surface area contributed by atoms with Gasteiger partial charge in [0.05, 0.1) is 5.69 Å². The monoisotopic (exact) mass is 503 g/mol. The zero-order chi connectivity index (χ0) is 23.8. The third-order valence-electron chi connectivity index (χ3n) is 6.38. The van der Waals surface area contributed by atoms with Crippen molar-refractivity contribution in [3.8, 4) is 11.6 Å². The highest BCUT2D eigenvalue weighted by atomic mass is 35.5. The number of nitrogens with zero attached hydrogens (tertiary/aromatic N) is 5. The molecule has 34 heavy (non-hydrogen) atoms. The molecule has 0 saturated carbocycles. The fourth-order valence-electron chi connectivity index (χ4n) is 4.38. The third-order valence-corrected chi connectivity index (χ3v) is 8.53. The summed E-state index contributed by atoms with van der Waals surface area (Å²) in [6, 6.07) is 9.82. The summed E-state index contributed by atoms with van der Waals surface area (Å²) in [5.74, 6) is 1.02. The quantitative estimate of drug-likeness (QED) is 0.333. The number of fused-ring (bicyclic) bond motifs is 1. The van der Waals surface area contributed by atoms with Crippen molar-refractivity contribution in [2.24, 2.45) is 5.92 Å². The summed E-state index contributed by atoms with van der Waals surface area (Å²) >= 11 is 7.97. The van der Waals surface area contributed by atoms with Crippen molar-refractivity contribution in [3.05, 3.63) is 75.1 Å². The van der Waals surface area contributed by atoms with Gasteiger partial charge in [0, 0.05) is 49.2 Å². The number of rotatable bonds is 7. The van der Waals surface area contributed by atoms with E-state index in [0.717, 1.165) is 31.7 Å². The molecule has 0 spiro atoms. The van der Waals surface area contributed by atoms with Crippen LogP contribution in [0.15, 0.2) is 42.6 Å². The summed E-state index contributed by atoms with van der Waals surface area (Å²) in [5.41, 5.74) is 2.24. The first-order valence-electron chi connectivity index (χ1n) is 11.0. The second-order valence-electron chi connectivity index (χ2n) is 8.65. The molecule has 11 heteroatoms. The van der Waals surface area contributed by atoms with Gasteiger partial charge >= 0.3 is 11.1 Å². The van der Waals surface area contributed by atoms with E-state index in [1.807, 2.05) is 17.8 Å². The van der Waals surface area contributed by atoms with Crippen molar-refractivity contribution in [2.45, 2.75) is 36.9 Å². The van der Waals surface area contributed by atoms with Crippen LogP contribution in [0.3, 0.4) is 0 Å². The molecule has 1 fully saturated rings. The van der Waals surface area contributed by atoms with E-state index in [9.17, 15) is 14.5 Å². The van der Waals surface area contributed by atoms with E-state index in [4.69, 9.17) is 16.3 Å². The summed E-state index contributed by atoms with van der Waals surface area (Å²) in [7, 11) is 0. The Morgan fingerprint density at radius 1 is 1.21 bits per heavy atom. The SMILES string of the molecule is CC1C(CN2CCc3nc(Oc4ccc(F)cc4)ccc3C2)SC1Cn1cc([N+](=O)[O-])nc1Cl. The van der Waals surface area contributed by atoms with Crippen LogP contribution in [0, 0.1) is 21.8 Å². The second kappa shape index (κ2) is 9.52. The summed E-state index contributed by atoms with van der Waals surface area (Å²) in [6.45, 7) is 5.59. The van der Waals surface area contributed by atoms with Crippen LogP contribution in [0.25, 0.3) is 0 Å². The minimum Gasteiger partial charge on any atom is -0.439 e. The zero-order valence-corrected chi connectivity index (χ0v) is 20.0. The molecular weight excluding hydrogens is 481 g/mol. The van der Waals surface area contributed by atoms with Crippen LogP contribution in [0.4, 0.5) is 10.2 Å². The zero-order valence-electron chi connectivity index (χ0n) is 18.4. The molecule has 5 rings (SSSR count). The second-order valence-corrected chi connectivity index (χ2v) is 10.5. The van der Waals surface area contributed by atoms with Gasteiger partial charge in [0.1, 0.15) is 17.8 Å². The van der Waals surface area contributed by atoms with Gasteiger partial charge in [-0.2, -0.15) is 11.8 Å². The molecule has 0 aliphatic carbocycles. The standard InChI is InChI=1S/C23H23ClFN5O3S/c1-14-19(34-20(14)12-29-13-21(30(31)32)27-23(29)24)11-28-9-8-18-15(10-28)2-7-22(26-18)33-17-5-3-16(25)4-6-17/h2-7,13-14,19-20H,8-12H2,1H3. The lowest BCUT2D eigenvalue weighted by Crippen LogP contribution is -2.48. The van der Waals surface area contributed by atoms with E-state index in [1.54, 1.807) is 16.7 Å². The molecule has 0 bridgehead atoms. The van der Waals surface area contributed by atoms with E-state index >= 15 is 0 Å². The molecule has 4 heterocycles. The van der Waals surface area contributed by atoms with Gasteiger partial charge in [0.2, 0.25) is 5.88 Å². The van der Waals surface area contributed by atoms with Crippen LogP contribution in [0.1, 0.15) is 18.2 Å². The van der Waals surface area contributed by atoms with Crippen molar-refractivity contribution < 1.29 is 14.1 Å². The maximum atomic E-state index is 13.1. The summed E-state index contributed by atoms with van der Waals surface area (Å²) < 4.78 is 20.5. The highest BCUT2D eigenvalue weighted by molar-refractivity contribution is 8.02. The fourth-order valence-corrected chi connectivity index (χ4v) is 6.18. The summed E-state index contributed by atoms with van der Waals surface area (Å²) in [4.78, 5) is 21.3. The van der Waals surface area contributed by atoms with Crippen LogP contribution in [0.2, 0.25) is 5.28 Å². The minimum absolute atomic E-state index is 0.158. The van der Waals surface area contributed by atoms with Gasteiger partial charge in [-0.3, -0.25) is 9.47 Å². The molecule has 1 aromatic carbocycles. The topological polar surface area (TPSA) is 86.3 Å². The van der Waals surface area contributed by atoms with Crippen LogP contribution < -0.4 is 4.74 Å². The molecule has 2 aromatic heterocycles. The van der Waals surface area contributed by atoms with E-state index in [2.05, 4.69) is 27.9 Å². The first-order valence-corrected chi connectivity index (χ1v) is 12.3. The highest BCUT2D eigenvalue weighted by Gasteiger charge is 2.40. The Morgan fingerprint density at radius 2 is 1.97 bits per heavy atom. The number of thioether (sulfide) groups is 1. The number of pyridine rings is 1.